The molecule has 0 spiro atoms. The highest BCUT2D eigenvalue weighted by Gasteiger charge is 2.12. The normalized spacial score (nSPS) is 14.8. The Hall–Kier alpha value is -1.36. The van der Waals surface area contributed by atoms with E-state index in [4.69, 9.17) is 10.5 Å². The van der Waals surface area contributed by atoms with E-state index < -0.39 is 15.6 Å². The van der Waals surface area contributed by atoms with E-state index >= 15 is 0 Å². The smallest absolute Gasteiger partial charge is 0.249 e. The molecular formula is C8H10N2O2S. The van der Waals surface area contributed by atoms with Gasteiger partial charge in [-0.15, -0.1) is 0 Å². The minimum atomic E-state index is -2.88. The molecule has 1 atom stereocenters. The summed E-state index contributed by atoms with van der Waals surface area (Å²) in [6.07, 6.45) is 1.26. The van der Waals surface area contributed by atoms with E-state index in [0.717, 1.165) is 0 Å². The molecule has 0 aliphatic heterocycles. The highest BCUT2D eigenvalue weighted by Crippen LogP contribution is 2.14. The van der Waals surface area contributed by atoms with E-state index in [9.17, 15) is 9.00 Å². The number of rotatable bonds is 2. The van der Waals surface area contributed by atoms with Gasteiger partial charge >= 0.3 is 0 Å². The monoisotopic (exact) mass is 198 g/mol. The third-order valence-electron chi connectivity index (χ3n) is 1.57. The number of carbonyl (C=O) groups is 1. The SMILES string of the molecule is CS(=N)(=O)c1ccccc1C(N)=O. The summed E-state index contributed by atoms with van der Waals surface area (Å²) in [5.41, 5.74) is 5.22. The Balaban J connectivity index is 3.46. The predicted octanol–water partition coefficient (Wildman–Crippen LogP) is 0.821. The van der Waals surface area contributed by atoms with Crippen LogP contribution in [0.5, 0.6) is 0 Å². The Morgan fingerprint density at radius 1 is 1.46 bits per heavy atom. The largest absolute Gasteiger partial charge is 0.366 e. The second-order valence-corrected chi connectivity index (χ2v) is 4.83. The van der Waals surface area contributed by atoms with Crippen LogP contribution in [-0.4, -0.2) is 16.4 Å². The standard InChI is InChI=1S/C8H10N2O2S/c1-13(10,12)7-5-3-2-4-6(7)8(9)11/h2-5,10H,1H3,(H2,9,11). The third kappa shape index (κ3) is 2.06. The number of amides is 1. The molecule has 0 saturated carbocycles. The lowest BCUT2D eigenvalue weighted by molar-refractivity contribution is 0.0997. The minimum absolute atomic E-state index is 0.157. The molecule has 0 radical (unpaired) electrons. The number of primary amides is 1. The van der Waals surface area contributed by atoms with Gasteiger partial charge in [0.15, 0.2) is 0 Å². The quantitative estimate of drug-likeness (QED) is 0.737. The zero-order valence-electron chi connectivity index (χ0n) is 7.11. The summed E-state index contributed by atoms with van der Waals surface area (Å²) in [7, 11) is -2.88. The van der Waals surface area contributed by atoms with Crippen LogP contribution in [0.2, 0.25) is 0 Å². The first-order chi connectivity index (χ1) is 5.93. The number of carbonyl (C=O) groups excluding carboxylic acids is 1. The Kier molecular flexibility index (Phi) is 2.38. The molecule has 0 heterocycles. The minimum Gasteiger partial charge on any atom is -0.366 e. The Morgan fingerprint density at radius 3 is 2.38 bits per heavy atom. The van der Waals surface area contributed by atoms with Crippen LogP contribution < -0.4 is 5.73 Å². The number of hydrogen-bond donors (Lipinski definition) is 2. The van der Waals surface area contributed by atoms with Gasteiger partial charge in [0.1, 0.15) is 0 Å². The molecule has 4 nitrogen and oxygen atoms in total. The van der Waals surface area contributed by atoms with Crippen LogP contribution in [0.1, 0.15) is 10.4 Å². The molecule has 13 heavy (non-hydrogen) atoms. The maximum atomic E-state index is 11.4. The molecule has 0 fully saturated rings. The van der Waals surface area contributed by atoms with Gasteiger partial charge in [0.05, 0.1) is 20.2 Å². The fourth-order valence-electron chi connectivity index (χ4n) is 1.01. The summed E-state index contributed by atoms with van der Waals surface area (Å²) in [5.74, 6) is -0.655. The van der Waals surface area contributed by atoms with Gasteiger partial charge in [-0.2, -0.15) is 0 Å². The average molecular weight is 198 g/mol. The van der Waals surface area contributed by atoms with Crippen molar-refractivity contribution in [3.05, 3.63) is 29.8 Å². The second kappa shape index (κ2) is 3.18. The van der Waals surface area contributed by atoms with Crippen LogP contribution in [-0.2, 0) is 9.73 Å². The highest BCUT2D eigenvalue weighted by molar-refractivity contribution is 7.91. The predicted molar refractivity (Wildman–Crippen MR) is 50.0 cm³/mol. The van der Waals surface area contributed by atoms with Crippen LogP contribution in [0.4, 0.5) is 0 Å². The van der Waals surface area contributed by atoms with E-state index in [1.165, 1.54) is 18.4 Å². The molecule has 5 heteroatoms. The molecule has 0 saturated heterocycles. The Labute approximate surface area is 76.7 Å². The molecule has 0 aliphatic carbocycles. The molecule has 0 aromatic heterocycles. The molecule has 1 rings (SSSR count). The second-order valence-electron chi connectivity index (χ2n) is 2.70. The first kappa shape index (κ1) is 9.73. The molecular weight excluding hydrogens is 188 g/mol. The summed E-state index contributed by atoms with van der Waals surface area (Å²) in [6, 6.07) is 6.19. The molecule has 1 aromatic rings. The van der Waals surface area contributed by atoms with Crippen LogP contribution >= 0.6 is 0 Å². The molecule has 1 aromatic carbocycles. The van der Waals surface area contributed by atoms with Gasteiger partial charge in [-0.3, -0.25) is 4.79 Å². The van der Waals surface area contributed by atoms with E-state index in [0.29, 0.717) is 0 Å². The van der Waals surface area contributed by atoms with Gasteiger partial charge in [-0.25, -0.2) is 8.99 Å². The van der Waals surface area contributed by atoms with Crippen molar-refractivity contribution >= 4 is 15.6 Å². The topological polar surface area (TPSA) is 84.0 Å². The van der Waals surface area contributed by atoms with Crippen molar-refractivity contribution in [1.82, 2.24) is 0 Å². The zero-order chi connectivity index (χ0) is 10.1. The van der Waals surface area contributed by atoms with Gasteiger partial charge in [0.25, 0.3) is 0 Å². The van der Waals surface area contributed by atoms with Crippen molar-refractivity contribution in [1.29, 1.82) is 4.78 Å². The summed E-state index contributed by atoms with van der Waals surface area (Å²) in [5, 5.41) is 0. The van der Waals surface area contributed by atoms with Crippen LogP contribution in [0, 0.1) is 4.78 Å². The summed E-state index contributed by atoms with van der Waals surface area (Å²) < 4.78 is 18.7. The van der Waals surface area contributed by atoms with Crippen molar-refractivity contribution < 1.29 is 9.00 Å². The molecule has 0 aliphatic rings. The van der Waals surface area contributed by atoms with E-state index in [2.05, 4.69) is 0 Å². The molecule has 1 unspecified atom stereocenters. The fourth-order valence-corrected chi connectivity index (χ4v) is 1.94. The van der Waals surface area contributed by atoms with E-state index in [1.807, 2.05) is 0 Å². The van der Waals surface area contributed by atoms with Crippen LogP contribution in [0.15, 0.2) is 29.2 Å². The van der Waals surface area contributed by atoms with E-state index in [-0.39, 0.29) is 10.5 Å². The van der Waals surface area contributed by atoms with Crippen LogP contribution in [0.3, 0.4) is 0 Å². The lowest BCUT2D eigenvalue weighted by Gasteiger charge is -2.05. The van der Waals surface area contributed by atoms with Crippen molar-refractivity contribution in [2.24, 2.45) is 5.73 Å². The Bertz CT molecular complexity index is 437. The summed E-state index contributed by atoms with van der Waals surface area (Å²) in [6.45, 7) is 0. The first-order valence-corrected chi connectivity index (χ1v) is 5.52. The van der Waals surface area contributed by atoms with Crippen molar-refractivity contribution in [3.63, 3.8) is 0 Å². The van der Waals surface area contributed by atoms with Crippen molar-refractivity contribution in [2.45, 2.75) is 4.90 Å². The molecule has 3 N–H and O–H groups in total. The third-order valence-corrected chi connectivity index (χ3v) is 2.77. The number of benzene rings is 1. The maximum Gasteiger partial charge on any atom is 0.249 e. The molecule has 0 bridgehead atoms. The van der Waals surface area contributed by atoms with Gasteiger partial charge in [-0.1, -0.05) is 12.1 Å². The van der Waals surface area contributed by atoms with Crippen LogP contribution in [0.25, 0.3) is 0 Å². The highest BCUT2D eigenvalue weighted by atomic mass is 32.2. The maximum absolute atomic E-state index is 11.4. The van der Waals surface area contributed by atoms with Crippen molar-refractivity contribution in [2.75, 3.05) is 6.26 Å². The molecule has 70 valence electrons. The zero-order valence-corrected chi connectivity index (χ0v) is 7.93. The van der Waals surface area contributed by atoms with Gasteiger partial charge in [0.2, 0.25) is 5.91 Å². The lowest BCUT2D eigenvalue weighted by Crippen LogP contribution is -2.15. The number of nitrogens with two attached hydrogens (primary N) is 1. The Morgan fingerprint density at radius 2 is 2.00 bits per heavy atom. The van der Waals surface area contributed by atoms with Crippen molar-refractivity contribution in [3.8, 4) is 0 Å². The lowest BCUT2D eigenvalue weighted by atomic mass is 10.2. The van der Waals surface area contributed by atoms with Gasteiger partial charge in [0, 0.05) is 6.26 Å². The number of hydrogen-bond acceptors (Lipinski definition) is 3. The van der Waals surface area contributed by atoms with E-state index in [1.54, 1.807) is 12.1 Å². The first-order valence-electron chi connectivity index (χ1n) is 3.55. The van der Waals surface area contributed by atoms with Gasteiger partial charge < -0.3 is 5.73 Å². The van der Waals surface area contributed by atoms with Gasteiger partial charge in [-0.05, 0) is 12.1 Å². The summed E-state index contributed by atoms with van der Waals surface area (Å²) in [4.78, 5) is 11.1. The average Bonchev–Trinajstić information content (AvgIpc) is 2.03. The fraction of sp³-hybridized carbons (Fsp3) is 0.125. The summed E-state index contributed by atoms with van der Waals surface area (Å²) >= 11 is 0. The molecule has 1 amide bonds. The number of nitrogens with one attached hydrogen (secondary N) is 1.